The molecule has 1 heterocycles. The van der Waals surface area contributed by atoms with E-state index in [0.29, 0.717) is 5.41 Å². The molecule has 116 valence electrons. The Labute approximate surface area is 127 Å². The summed E-state index contributed by atoms with van der Waals surface area (Å²) >= 11 is 0. The van der Waals surface area contributed by atoms with Crippen LogP contribution in [0.4, 0.5) is 5.69 Å². The lowest BCUT2D eigenvalue weighted by molar-refractivity contribution is 0.199. The number of para-hydroxylation sites is 1. The van der Waals surface area contributed by atoms with Crippen molar-refractivity contribution in [2.24, 2.45) is 22.2 Å². The Balaban J connectivity index is 2.25. The lowest BCUT2D eigenvalue weighted by Crippen LogP contribution is -2.39. The van der Waals surface area contributed by atoms with Gasteiger partial charge in [0.25, 0.3) is 0 Å². The monoisotopic (exact) mass is 289 g/mol. The zero-order valence-electron chi connectivity index (χ0n) is 13.6. The van der Waals surface area contributed by atoms with Crippen molar-refractivity contribution in [1.82, 2.24) is 0 Å². The molecule has 0 spiro atoms. The SMILES string of the molecule is Cc1cccc(/C(N)=N/O)c1N1CCC(C(C)(C)C)CC1. The van der Waals surface area contributed by atoms with Gasteiger partial charge in [-0.1, -0.05) is 38.1 Å². The number of piperidine rings is 1. The minimum atomic E-state index is 0.187. The summed E-state index contributed by atoms with van der Waals surface area (Å²) in [5.41, 5.74) is 9.32. The van der Waals surface area contributed by atoms with Crippen molar-refractivity contribution in [3.63, 3.8) is 0 Å². The number of anilines is 1. The molecule has 1 aliphatic heterocycles. The molecule has 1 aliphatic rings. The van der Waals surface area contributed by atoms with E-state index >= 15 is 0 Å². The Morgan fingerprint density at radius 1 is 1.29 bits per heavy atom. The molecule has 0 bridgehead atoms. The minimum Gasteiger partial charge on any atom is -0.409 e. The van der Waals surface area contributed by atoms with Gasteiger partial charge in [-0.25, -0.2) is 0 Å². The summed E-state index contributed by atoms with van der Waals surface area (Å²) in [6.07, 6.45) is 2.38. The number of hydrogen-bond donors (Lipinski definition) is 2. The summed E-state index contributed by atoms with van der Waals surface area (Å²) in [5.74, 6) is 0.941. The fourth-order valence-electron chi connectivity index (χ4n) is 3.31. The number of amidine groups is 1. The molecule has 4 heteroatoms. The molecular formula is C17H27N3O. The van der Waals surface area contributed by atoms with Crippen LogP contribution in [-0.2, 0) is 0 Å². The van der Waals surface area contributed by atoms with Gasteiger partial charge in [0.1, 0.15) is 0 Å². The molecule has 0 unspecified atom stereocenters. The fraction of sp³-hybridized carbons (Fsp3) is 0.588. The second-order valence-corrected chi connectivity index (χ2v) is 7.08. The first-order valence-electron chi connectivity index (χ1n) is 7.67. The highest BCUT2D eigenvalue weighted by molar-refractivity contribution is 6.02. The maximum absolute atomic E-state index is 9.00. The van der Waals surface area contributed by atoms with Gasteiger partial charge in [0, 0.05) is 18.7 Å². The fourth-order valence-corrected chi connectivity index (χ4v) is 3.31. The van der Waals surface area contributed by atoms with Gasteiger partial charge in [0.15, 0.2) is 5.84 Å². The van der Waals surface area contributed by atoms with Gasteiger partial charge in [-0.3, -0.25) is 0 Å². The number of rotatable bonds is 2. The Hall–Kier alpha value is -1.71. The highest BCUT2D eigenvalue weighted by Gasteiger charge is 2.30. The zero-order valence-corrected chi connectivity index (χ0v) is 13.6. The largest absolute Gasteiger partial charge is 0.409 e. The summed E-state index contributed by atoms with van der Waals surface area (Å²) in [7, 11) is 0. The predicted octanol–water partition coefficient (Wildman–Crippen LogP) is 3.35. The smallest absolute Gasteiger partial charge is 0.172 e. The van der Waals surface area contributed by atoms with Crippen LogP contribution in [-0.4, -0.2) is 24.1 Å². The van der Waals surface area contributed by atoms with Gasteiger partial charge in [-0.15, -0.1) is 0 Å². The Morgan fingerprint density at radius 3 is 2.43 bits per heavy atom. The molecule has 2 rings (SSSR count). The molecule has 0 aromatic heterocycles. The van der Waals surface area contributed by atoms with Crippen LogP contribution in [0.5, 0.6) is 0 Å². The van der Waals surface area contributed by atoms with E-state index in [-0.39, 0.29) is 5.84 Å². The summed E-state index contributed by atoms with van der Waals surface area (Å²) in [4.78, 5) is 2.38. The van der Waals surface area contributed by atoms with Crippen LogP contribution in [0.1, 0.15) is 44.7 Å². The van der Waals surface area contributed by atoms with Gasteiger partial charge in [-0.05, 0) is 42.7 Å². The molecule has 1 aromatic carbocycles. The molecule has 0 atom stereocenters. The third kappa shape index (κ3) is 3.31. The normalized spacial score (nSPS) is 18.1. The standard InChI is InChI=1S/C17H27N3O/c1-12-6-5-7-14(16(18)19-21)15(12)20-10-8-13(9-11-20)17(2,3)4/h5-7,13,21H,8-11H2,1-4H3,(H2,18,19). The van der Waals surface area contributed by atoms with Crippen molar-refractivity contribution >= 4 is 11.5 Å². The second-order valence-electron chi connectivity index (χ2n) is 7.08. The Bertz CT molecular complexity index is 523. The van der Waals surface area contributed by atoms with Crippen LogP contribution < -0.4 is 10.6 Å². The highest BCUT2D eigenvalue weighted by atomic mass is 16.4. The molecular weight excluding hydrogens is 262 g/mol. The van der Waals surface area contributed by atoms with Crippen LogP contribution in [0.25, 0.3) is 0 Å². The Kier molecular flexibility index (Phi) is 4.45. The molecule has 1 saturated heterocycles. The number of nitrogens with two attached hydrogens (primary N) is 1. The second kappa shape index (κ2) is 5.96. The molecule has 21 heavy (non-hydrogen) atoms. The van der Waals surface area contributed by atoms with E-state index in [1.54, 1.807) is 0 Å². The van der Waals surface area contributed by atoms with E-state index in [1.807, 2.05) is 12.1 Å². The van der Waals surface area contributed by atoms with Gasteiger partial charge in [-0.2, -0.15) is 0 Å². The lowest BCUT2D eigenvalue weighted by atomic mass is 9.75. The van der Waals surface area contributed by atoms with Crippen LogP contribution in [0.3, 0.4) is 0 Å². The average molecular weight is 289 g/mol. The molecule has 1 fully saturated rings. The topological polar surface area (TPSA) is 61.9 Å². The first-order chi connectivity index (χ1) is 9.84. The molecule has 1 aromatic rings. The van der Waals surface area contributed by atoms with Crippen LogP contribution in [0, 0.1) is 18.3 Å². The number of oxime groups is 1. The van der Waals surface area contributed by atoms with Gasteiger partial charge >= 0.3 is 0 Å². The highest BCUT2D eigenvalue weighted by Crippen LogP contribution is 2.37. The van der Waals surface area contributed by atoms with E-state index in [9.17, 15) is 0 Å². The summed E-state index contributed by atoms with van der Waals surface area (Å²) in [5, 5.41) is 12.2. The van der Waals surface area contributed by atoms with Gasteiger partial charge in [0.05, 0.1) is 5.69 Å². The zero-order chi connectivity index (χ0) is 15.6. The minimum absolute atomic E-state index is 0.187. The quantitative estimate of drug-likeness (QED) is 0.380. The van der Waals surface area contributed by atoms with Crippen LogP contribution in [0.2, 0.25) is 0 Å². The van der Waals surface area contributed by atoms with E-state index in [0.717, 1.165) is 30.3 Å². The van der Waals surface area contributed by atoms with Crippen molar-refractivity contribution in [3.05, 3.63) is 29.3 Å². The average Bonchev–Trinajstić information content (AvgIpc) is 2.45. The van der Waals surface area contributed by atoms with E-state index in [1.165, 1.54) is 18.4 Å². The molecule has 0 radical (unpaired) electrons. The maximum Gasteiger partial charge on any atom is 0.172 e. The van der Waals surface area contributed by atoms with Crippen LogP contribution >= 0.6 is 0 Å². The lowest BCUT2D eigenvalue weighted by Gasteiger charge is -2.40. The third-order valence-corrected chi connectivity index (χ3v) is 4.66. The molecule has 3 N–H and O–H groups in total. The van der Waals surface area contributed by atoms with E-state index in [4.69, 9.17) is 10.9 Å². The maximum atomic E-state index is 9.00. The molecule has 0 amide bonds. The Morgan fingerprint density at radius 2 is 1.90 bits per heavy atom. The number of aryl methyl sites for hydroxylation is 1. The van der Waals surface area contributed by atoms with Crippen molar-refractivity contribution in [2.45, 2.75) is 40.5 Å². The first kappa shape index (κ1) is 15.7. The summed E-state index contributed by atoms with van der Waals surface area (Å²) < 4.78 is 0. The van der Waals surface area contributed by atoms with Crippen molar-refractivity contribution < 1.29 is 5.21 Å². The summed E-state index contributed by atoms with van der Waals surface area (Å²) in [6.45, 7) is 11.1. The summed E-state index contributed by atoms with van der Waals surface area (Å²) in [6, 6.07) is 5.96. The van der Waals surface area contributed by atoms with Crippen LogP contribution in [0.15, 0.2) is 23.4 Å². The molecule has 0 aliphatic carbocycles. The number of benzene rings is 1. The third-order valence-electron chi connectivity index (χ3n) is 4.66. The predicted molar refractivity (Wildman–Crippen MR) is 88.1 cm³/mol. The number of nitrogens with zero attached hydrogens (tertiary/aromatic N) is 2. The van der Waals surface area contributed by atoms with Crippen molar-refractivity contribution in [1.29, 1.82) is 0 Å². The molecule has 4 nitrogen and oxygen atoms in total. The van der Waals surface area contributed by atoms with E-state index in [2.05, 4.69) is 43.8 Å². The van der Waals surface area contributed by atoms with Crippen molar-refractivity contribution in [2.75, 3.05) is 18.0 Å². The van der Waals surface area contributed by atoms with Gasteiger partial charge < -0.3 is 15.8 Å². The van der Waals surface area contributed by atoms with Gasteiger partial charge in [0.2, 0.25) is 0 Å². The molecule has 0 saturated carbocycles. The number of hydrogen-bond acceptors (Lipinski definition) is 3. The van der Waals surface area contributed by atoms with E-state index < -0.39 is 0 Å². The van der Waals surface area contributed by atoms with Crippen molar-refractivity contribution in [3.8, 4) is 0 Å². The first-order valence-corrected chi connectivity index (χ1v) is 7.67.